The summed E-state index contributed by atoms with van der Waals surface area (Å²) in [5, 5.41) is 0. The summed E-state index contributed by atoms with van der Waals surface area (Å²) in [6.07, 6.45) is 5.11. The summed E-state index contributed by atoms with van der Waals surface area (Å²) >= 11 is 0. The topological polar surface area (TPSA) is 29.3 Å². The van der Waals surface area contributed by atoms with E-state index in [9.17, 15) is 0 Å². The third-order valence-electron chi connectivity index (χ3n) is 5.41. The Hall–Kier alpha value is -0.0800. The molecule has 0 aromatic rings. The fourth-order valence-corrected chi connectivity index (χ4v) is 3.73. The Kier molecular flexibility index (Phi) is 5.25. The first kappa shape index (κ1) is 16.0. The van der Waals surface area contributed by atoms with E-state index in [0.29, 0.717) is 11.3 Å². The molecule has 2 N–H and O–H groups in total. The third-order valence-corrected chi connectivity index (χ3v) is 5.41. The molecule has 3 atom stereocenters. The Morgan fingerprint density at radius 3 is 2.39 bits per heavy atom. The minimum absolute atomic E-state index is 0.235. The summed E-state index contributed by atoms with van der Waals surface area (Å²) in [6.45, 7) is 13.8. The van der Waals surface area contributed by atoms with Crippen molar-refractivity contribution < 1.29 is 0 Å². The van der Waals surface area contributed by atoms with E-state index in [4.69, 9.17) is 5.73 Å². The van der Waals surface area contributed by atoms with Gasteiger partial charge in [-0.15, -0.1) is 0 Å². The van der Waals surface area contributed by atoms with Gasteiger partial charge in [0.1, 0.15) is 0 Å². The first-order chi connectivity index (χ1) is 8.27. The van der Waals surface area contributed by atoms with Gasteiger partial charge in [0.25, 0.3) is 0 Å². The molecule has 0 saturated heterocycles. The summed E-state index contributed by atoms with van der Waals surface area (Å²) in [4.78, 5) is 2.57. The lowest BCUT2D eigenvalue weighted by Gasteiger charge is -2.53. The van der Waals surface area contributed by atoms with E-state index >= 15 is 0 Å². The number of hydrogen-bond acceptors (Lipinski definition) is 2. The van der Waals surface area contributed by atoms with Gasteiger partial charge in [-0.2, -0.15) is 0 Å². The van der Waals surface area contributed by atoms with E-state index in [-0.39, 0.29) is 5.54 Å². The molecule has 1 fully saturated rings. The first-order valence-electron chi connectivity index (χ1n) is 7.68. The van der Waals surface area contributed by atoms with Crippen molar-refractivity contribution in [3.8, 4) is 0 Å². The highest BCUT2D eigenvalue weighted by Crippen LogP contribution is 2.46. The van der Waals surface area contributed by atoms with Crippen LogP contribution in [-0.4, -0.2) is 30.6 Å². The summed E-state index contributed by atoms with van der Waals surface area (Å²) in [5.41, 5.74) is 6.92. The quantitative estimate of drug-likeness (QED) is 0.813. The van der Waals surface area contributed by atoms with Gasteiger partial charge in [0.15, 0.2) is 0 Å². The molecule has 108 valence electrons. The average Bonchev–Trinajstić information content (AvgIpc) is 2.28. The Morgan fingerprint density at radius 2 is 1.94 bits per heavy atom. The average molecular weight is 254 g/mol. The Balaban J connectivity index is 2.79. The smallest absolute Gasteiger partial charge is 0.0354 e. The van der Waals surface area contributed by atoms with Crippen LogP contribution in [0.2, 0.25) is 0 Å². The van der Waals surface area contributed by atoms with E-state index in [0.717, 1.165) is 12.5 Å². The first-order valence-corrected chi connectivity index (χ1v) is 7.68. The normalized spacial score (nSPS) is 33.7. The molecule has 0 bridgehead atoms. The van der Waals surface area contributed by atoms with Crippen LogP contribution in [0.3, 0.4) is 0 Å². The molecular formula is C16H34N2. The molecule has 1 saturated carbocycles. The van der Waals surface area contributed by atoms with Gasteiger partial charge >= 0.3 is 0 Å². The summed E-state index contributed by atoms with van der Waals surface area (Å²) in [5.74, 6) is 1.46. The van der Waals surface area contributed by atoms with E-state index in [1.54, 1.807) is 0 Å². The minimum atomic E-state index is 0.235. The highest BCUT2D eigenvalue weighted by molar-refractivity contribution is 5.01. The highest BCUT2D eigenvalue weighted by atomic mass is 15.2. The second-order valence-corrected chi connectivity index (χ2v) is 7.47. The van der Waals surface area contributed by atoms with E-state index in [1.807, 2.05) is 0 Å². The Morgan fingerprint density at radius 1 is 1.33 bits per heavy atom. The zero-order chi connectivity index (χ0) is 14.0. The van der Waals surface area contributed by atoms with Crippen molar-refractivity contribution in [3.05, 3.63) is 0 Å². The maximum absolute atomic E-state index is 6.19. The molecule has 3 unspecified atom stereocenters. The van der Waals surface area contributed by atoms with Crippen molar-refractivity contribution in [2.75, 3.05) is 20.1 Å². The van der Waals surface area contributed by atoms with Gasteiger partial charge < -0.3 is 5.73 Å². The second kappa shape index (κ2) is 5.92. The second-order valence-electron chi connectivity index (χ2n) is 7.47. The maximum Gasteiger partial charge on any atom is 0.0354 e. The van der Waals surface area contributed by atoms with Crippen LogP contribution in [0.1, 0.15) is 60.3 Å². The van der Waals surface area contributed by atoms with Gasteiger partial charge in [0, 0.05) is 18.6 Å². The van der Waals surface area contributed by atoms with Gasteiger partial charge in [-0.1, -0.05) is 41.0 Å². The molecule has 1 rings (SSSR count). The van der Waals surface area contributed by atoms with Crippen LogP contribution in [0.15, 0.2) is 0 Å². The molecule has 0 radical (unpaired) electrons. The van der Waals surface area contributed by atoms with Crippen LogP contribution in [0, 0.1) is 17.3 Å². The molecule has 1 aliphatic carbocycles. The zero-order valence-corrected chi connectivity index (χ0v) is 13.4. The number of nitrogens with two attached hydrogens (primary N) is 1. The molecule has 1 aliphatic rings. The summed E-state index contributed by atoms with van der Waals surface area (Å²) < 4.78 is 0. The van der Waals surface area contributed by atoms with Gasteiger partial charge in [0.2, 0.25) is 0 Å². The van der Waals surface area contributed by atoms with Crippen LogP contribution in [0.25, 0.3) is 0 Å². The van der Waals surface area contributed by atoms with Crippen molar-refractivity contribution in [1.82, 2.24) is 4.90 Å². The van der Waals surface area contributed by atoms with Crippen molar-refractivity contribution in [2.24, 2.45) is 23.0 Å². The van der Waals surface area contributed by atoms with Crippen molar-refractivity contribution >= 4 is 0 Å². The van der Waals surface area contributed by atoms with E-state index in [2.05, 4.69) is 46.6 Å². The predicted molar refractivity (Wildman–Crippen MR) is 80.7 cm³/mol. The minimum Gasteiger partial charge on any atom is -0.329 e. The Labute approximate surface area is 114 Å². The van der Waals surface area contributed by atoms with Crippen molar-refractivity contribution in [1.29, 1.82) is 0 Å². The zero-order valence-electron chi connectivity index (χ0n) is 13.4. The maximum atomic E-state index is 6.19. The molecule has 2 heteroatoms. The number of nitrogens with zero attached hydrogens (tertiary/aromatic N) is 1. The van der Waals surface area contributed by atoms with Crippen molar-refractivity contribution in [3.63, 3.8) is 0 Å². The molecule has 0 spiro atoms. The summed E-state index contributed by atoms with van der Waals surface area (Å²) in [7, 11) is 2.29. The summed E-state index contributed by atoms with van der Waals surface area (Å²) in [6, 6.07) is 0. The fraction of sp³-hybridized carbons (Fsp3) is 1.00. The molecular weight excluding hydrogens is 220 g/mol. The van der Waals surface area contributed by atoms with Crippen LogP contribution in [0.5, 0.6) is 0 Å². The lowest BCUT2D eigenvalue weighted by atomic mass is 9.63. The number of rotatable bonds is 5. The molecule has 0 amide bonds. The monoisotopic (exact) mass is 254 g/mol. The van der Waals surface area contributed by atoms with Crippen LogP contribution >= 0.6 is 0 Å². The lowest BCUT2D eigenvalue weighted by Crippen LogP contribution is -2.60. The van der Waals surface area contributed by atoms with Gasteiger partial charge in [-0.05, 0) is 43.6 Å². The Bertz CT molecular complexity index is 262. The predicted octanol–water partition coefficient (Wildman–Crippen LogP) is 3.51. The highest BCUT2D eigenvalue weighted by Gasteiger charge is 2.45. The largest absolute Gasteiger partial charge is 0.329 e. The van der Waals surface area contributed by atoms with Gasteiger partial charge in [0.05, 0.1) is 0 Å². The van der Waals surface area contributed by atoms with Gasteiger partial charge in [-0.25, -0.2) is 0 Å². The third kappa shape index (κ3) is 3.27. The molecule has 18 heavy (non-hydrogen) atoms. The van der Waals surface area contributed by atoms with E-state index < -0.39 is 0 Å². The van der Waals surface area contributed by atoms with Gasteiger partial charge in [-0.3, -0.25) is 4.90 Å². The SMILES string of the molecule is CCC(C)CN(C)C1(CN)CCC(C)(C)CC1C. The van der Waals surface area contributed by atoms with Crippen LogP contribution < -0.4 is 5.73 Å². The lowest BCUT2D eigenvalue weighted by molar-refractivity contribution is -0.0137. The number of hydrogen-bond donors (Lipinski definition) is 1. The standard InChI is InChI=1S/C16H34N2/c1-7-13(2)11-18(6)16(12-17)9-8-15(4,5)10-14(16)3/h13-14H,7-12,17H2,1-6H3. The fourth-order valence-electron chi connectivity index (χ4n) is 3.73. The number of likely N-dealkylation sites (N-methyl/N-ethyl adjacent to an activating group) is 1. The molecule has 0 aromatic carbocycles. The van der Waals surface area contributed by atoms with Crippen molar-refractivity contribution in [2.45, 2.75) is 65.8 Å². The molecule has 0 heterocycles. The molecule has 0 aliphatic heterocycles. The van der Waals surface area contributed by atoms with E-state index in [1.165, 1.54) is 32.2 Å². The van der Waals surface area contributed by atoms with Crippen LogP contribution in [0.4, 0.5) is 0 Å². The molecule has 2 nitrogen and oxygen atoms in total. The molecule has 0 aromatic heterocycles. The van der Waals surface area contributed by atoms with Crippen LogP contribution in [-0.2, 0) is 0 Å².